The Morgan fingerprint density at radius 2 is 1.50 bits per heavy atom. The summed E-state index contributed by atoms with van der Waals surface area (Å²) < 4.78 is 10.2. The van der Waals surface area contributed by atoms with E-state index >= 15 is 0 Å². The van der Waals surface area contributed by atoms with Crippen molar-refractivity contribution in [2.24, 2.45) is 14.1 Å². The molecule has 4 rings (SSSR count). The minimum Gasteiger partial charge on any atom is -0.348 e. The Labute approximate surface area is 161 Å². The number of benzene rings is 2. The number of hydrogen-bond donors (Lipinski definition) is 0. The number of aromatic nitrogens is 4. The minimum absolute atomic E-state index is 0.166. The molecule has 0 N–H and O–H groups in total. The molecule has 0 aliphatic carbocycles. The maximum atomic E-state index is 12.9. The molecule has 0 spiro atoms. The number of hydrogen-bond acceptors (Lipinski definition) is 4. The minimum atomic E-state index is -0.462. The van der Waals surface area contributed by atoms with Crippen molar-refractivity contribution in [2.45, 2.75) is 12.8 Å². The largest absolute Gasteiger partial charge is 0.348 e. The second-order valence-electron chi connectivity index (χ2n) is 6.60. The lowest BCUT2D eigenvalue weighted by Gasteiger charge is -2.19. The third-order valence-corrected chi connectivity index (χ3v) is 4.78. The van der Waals surface area contributed by atoms with Gasteiger partial charge in [-0.3, -0.25) is 9.36 Å². The first-order valence-corrected chi connectivity index (χ1v) is 8.90. The third-order valence-electron chi connectivity index (χ3n) is 4.78. The zero-order chi connectivity index (χ0) is 19.7. The van der Waals surface area contributed by atoms with Crippen molar-refractivity contribution in [3.05, 3.63) is 99.0 Å². The molecule has 0 saturated heterocycles. The van der Waals surface area contributed by atoms with Gasteiger partial charge >= 0.3 is 5.69 Å². The molecule has 0 aliphatic rings. The molecule has 0 amide bonds. The van der Waals surface area contributed by atoms with Crippen LogP contribution in [0.4, 0.5) is 0 Å². The van der Waals surface area contributed by atoms with Crippen molar-refractivity contribution in [3.63, 3.8) is 0 Å². The van der Waals surface area contributed by atoms with Crippen molar-refractivity contribution in [1.29, 1.82) is 0 Å². The molecule has 7 heteroatoms. The Bertz CT molecular complexity index is 1180. The van der Waals surface area contributed by atoms with E-state index in [-0.39, 0.29) is 6.73 Å². The van der Waals surface area contributed by atoms with Crippen molar-refractivity contribution in [3.8, 4) is 0 Å². The molecule has 0 saturated carbocycles. The molecule has 0 unspecified atom stereocenters. The molecule has 0 atom stereocenters. The maximum absolute atomic E-state index is 12.9. The highest BCUT2D eigenvalue weighted by molar-refractivity contribution is 5.69. The van der Waals surface area contributed by atoms with E-state index in [2.05, 4.69) is 4.98 Å². The maximum Gasteiger partial charge on any atom is 0.334 e. The molecule has 4 aromatic rings. The molecular formula is C21H20N4O3. The fourth-order valence-electron chi connectivity index (χ4n) is 3.30. The van der Waals surface area contributed by atoms with Gasteiger partial charge in [-0.05, 0) is 11.1 Å². The summed E-state index contributed by atoms with van der Waals surface area (Å²) in [5.41, 5.74) is 1.73. The van der Waals surface area contributed by atoms with E-state index in [9.17, 15) is 9.59 Å². The quantitative estimate of drug-likeness (QED) is 0.535. The standard InChI is InChI=1S/C21H20N4O3/c1-23-13-22-19-17(23)20(26)25(21(27)24(19)2)14-28-18(15-9-5-3-6-10-15)16-11-7-4-8-12-16/h3-13,18H,14H2,1-2H3. The van der Waals surface area contributed by atoms with Crippen LogP contribution in [0.2, 0.25) is 0 Å². The molecule has 142 valence electrons. The first-order valence-electron chi connectivity index (χ1n) is 8.90. The zero-order valence-electron chi connectivity index (χ0n) is 15.6. The lowest BCUT2D eigenvalue weighted by molar-refractivity contribution is 0.0245. The third kappa shape index (κ3) is 3.05. The van der Waals surface area contributed by atoms with Gasteiger partial charge in [-0.1, -0.05) is 60.7 Å². The first-order chi connectivity index (χ1) is 13.6. The van der Waals surface area contributed by atoms with Crippen molar-refractivity contribution >= 4 is 11.2 Å². The van der Waals surface area contributed by atoms with Crippen LogP contribution < -0.4 is 11.2 Å². The van der Waals surface area contributed by atoms with Gasteiger partial charge in [0, 0.05) is 14.1 Å². The van der Waals surface area contributed by atoms with Crippen LogP contribution in [0.1, 0.15) is 17.2 Å². The Hall–Kier alpha value is -3.45. The Morgan fingerprint density at radius 1 is 0.929 bits per heavy atom. The van der Waals surface area contributed by atoms with E-state index in [1.54, 1.807) is 18.7 Å². The van der Waals surface area contributed by atoms with Crippen molar-refractivity contribution in [2.75, 3.05) is 0 Å². The predicted octanol–water partition coefficient (Wildman–Crippen LogP) is 2.20. The van der Waals surface area contributed by atoms with Gasteiger partial charge in [-0.25, -0.2) is 14.3 Å². The number of rotatable bonds is 5. The number of ether oxygens (including phenoxy) is 1. The fourth-order valence-corrected chi connectivity index (χ4v) is 3.30. The van der Waals surface area contributed by atoms with Crippen LogP contribution in [0.5, 0.6) is 0 Å². The monoisotopic (exact) mass is 376 g/mol. The van der Waals surface area contributed by atoms with Crippen LogP contribution in [-0.2, 0) is 25.6 Å². The van der Waals surface area contributed by atoms with E-state index in [0.717, 1.165) is 15.7 Å². The van der Waals surface area contributed by atoms with Crippen LogP contribution in [0.15, 0.2) is 76.6 Å². The SMILES string of the molecule is Cn1cnc2c1c(=O)n(COC(c1ccccc1)c1ccccc1)c(=O)n2C. The number of nitrogens with zero attached hydrogens (tertiary/aromatic N) is 4. The smallest absolute Gasteiger partial charge is 0.334 e. The summed E-state index contributed by atoms with van der Waals surface area (Å²) in [4.78, 5) is 29.7. The van der Waals surface area contributed by atoms with E-state index in [4.69, 9.17) is 4.74 Å². The summed E-state index contributed by atoms with van der Waals surface area (Å²) in [6, 6.07) is 19.4. The predicted molar refractivity (Wildman–Crippen MR) is 106 cm³/mol. The molecule has 2 aromatic carbocycles. The lowest BCUT2D eigenvalue weighted by Crippen LogP contribution is -2.40. The Balaban J connectivity index is 1.75. The van der Waals surface area contributed by atoms with Crippen LogP contribution in [0, 0.1) is 0 Å². The summed E-state index contributed by atoms with van der Waals surface area (Å²) >= 11 is 0. The first kappa shape index (κ1) is 17.9. The van der Waals surface area contributed by atoms with E-state index in [1.807, 2.05) is 60.7 Å². The highest BCUT2D eigenvalue weighted by Crippen LogP contribution is 2.25. The molecule has 0 aliphatic heterocycles. The van der Waals surface area contributed by atoms with Crippen molar-refractivity contribution < 1.29 is 4.74 Å². The van der Waals surface area contributed by atoms with Gasteiger partial charge in [0.2, 0.25) is 0 Å². The van der Waals surface area contributed by atoms with Gasteiger partial charge in [0.05, 0.1) is 6.33 Å². The van der Waals surface area contributed by atoms with E-state index in [1.165, 1.54) is 10.9 Å². The highest BCUT2D eigenvalue weighted by atomic mass is 16.5. The average Bonchev–Trinajstić information content (AvgIpc) is 3.12. The Kier molecular flexibility index (Phi) is 4.67. The topological polar surface area (TPSA) is 71.1 Å². The van der Waals surface area contributed by atoms with Gasteiger partial charge in [-0.2, -0.15) is 0 Å². The van der Waals surface area contributed by atoms with Crippen molar-refractivity contribution in [1.82, 2.24) is 18.7 Å². The molecular weight excluding hydrogens is 356 g/mol. The van der Waals surface area contributed by atoms with Crippen LogP contribution in [0.3, 0.4) is 0 Å². The number of fused-ring (bicyclic) bond motifs is 1. The van der Waals surface area contributed by atoms with Gasteiger partial charge in [-0.15, -0.1) is 0 Å². The summed E-state index contributed by atoms with van der Waals surface area (Å²) in [7, 11) is 3.32. The summed E-state index contributed by atoms with van der Waals surface area (Å²) in [5, 5.41) is 0. The fraction of sp³-hybridized carbons (Fsp3) is 0.190. The van der Waals surface area contributed by atoms with Gasteiger partial charge in [0.15, 0.2) is 11.2 Å². The van der Waals surface area contributed by atoms with E-state index in [0.29, 0.717) is 11.2 Å². The zero-order valence-corrected chi connectivity index (χ0v) is 15.6. The summed E-state index contributed by atoms with van der Waals surface area (Å²) in [6.07, 6.45) is 1.12. The molecule has 0 bridgehead atoms. The number of aryl methyl sites for hydroxylation is 2. The second-order valence-corrected chi connectivity index (χ2v) is 6.60. The Morgan fingerprint density at radius 3 is 2.07 bits per heavy atom. The van der Waals surface area contributed by atoms with E-state index < -0.39 is 17.4 Å². The molecule has 0 radical (unpaired) electrons. The molecule has 28 heavy (non-hydrogen) atoms. The van der Waals surface area contributed by atoms with Crippen LogP contribution in [-0.4, -0.2) is 18.7 Å². The van der Waals surface area contributed by atoms with Gasteiger partial charge < -0.3 is 9.30 Å². The van der Waals surface area contributed by atoms with Crippen LogP contribution >= 0.6 is 0 Å². The lowest BCUT2D eigenvalue weighted by atomic mass is 10.0. The molecule has 0 fully saturated rings. The van der Waals surface area contributed by atoms with Gasteiger partial charge in [0.25, 0.3) is 5.56 Å². The average molecular weight is 376 g/mol. The molecule has 2 aromatic heterocycles. The normalized spacial score (nSPS) is 11.4. The van der Waals surface area contributed by atoms with Crippen LogP contribution in [0.25, 0.3) is 11.2 Å². The highest BCUT2D eigenvalue weighted by Gasteiger charge is 2.18. The van der Waals surface area contributed by atoms with Gasteiger partial charge in [0.1, 0.15) is 12.8 Å². The number of imidazole rings is 1. The second kappa shape index (κ2) is 7.28. The molecule has 7 nitrogen and oxygen atoms in total. The summed E-state index contributed by atoms with van der Waals surface area (Å²) in [5.74, 6) is 0. The summed E-state index contributed by atoms with van der Waals surface area (Å²) in [6.45, 7) is -0.166. The molecule has 2 heterocycles.